The zero-order valence-electron chi connectivity index (χ0n) is 10.3. The van der Waals surface area contributed by atoms with Crippen LogP contribution in [0.2, 0.25) is 0 Å². The molecular formula is C13H19NO2. The first-order valence-electron chi connectivity index (χ1n) is 5.33. The first kappa shape index (κ1) is 12.6. The number of carboxylic acids is 1. The lowest BCUT2D eigenvalue weighted by Gasteiger charge is -2.28. The Bertz CT molecular complexity index is 383. The lowest BCUT2D eigenvalue weighted by Crippen LogP contribution is -2.25. The van der Waals surface area contributed by atoms with E-state index in [9.17, 15) is 4.79 Å². The Morgan fingerprint density at radius 2 is 1.88 bits per heavy atom. The van der Waals surface area contributed by atoms with Gasteiger partial charge in [0.25, 0.3) is 0 Å². The van der Waals surface area contributed by atoms with Crippen molar-refractivity contribution in [1.82, 2.24) is 0 Å². The number of hydrogen-bond donors (Lipinski definition) is 1. The van der Waals surface area contributed by atoms with Gasteiger partial charge in [-0.15, -0.1) is 0 Å². The quantitative estimate of drug-likeness (QED) is 0.849. The largest absolute Gasteiger partial charge is 0.481 e. The number of hydrogen-bond acceptors (Lipinski definition) is 2. The normalized spacial score (nSPS) is 11.2. The molecule has 88 valence electrons. The second kappa shape index (κ2) is 4.56. The predicted octanol–water partition coefficient (Wildman–Crippen LogP) is 2.50. The van der Waals surface area contributed by atoms with Gasteiger partial charge in [0, 0.05) is 25.2 Å². The van der Waals surface area contributed by atoms with Gasteiger partial charge in [0.15, 0.2) is 0 Å². The molecule has 1 aromatic rings. The molecule has 1 rings (SSSR count). The Morgan fingerprint density at radius 3 is 2.38 bits per heavy atom. The van der Waals surface area contributed by atoms with Gasteiger partial charge in [-0.2, -0.15) is 0 Å². The molecule has 0 aromatic heterocycles. The second-order valence-electron chi connectivity index (χ2n) is 4.87. The molecule has 0 aliphatic heterocycles. The van der Waals surface area contributed by atoms with Gasteiger partial charge in [0.2, 0.25) is 0 Å². The van der Waals surface area contributed by atoms with Gasteiger partial charge >= 0.3 is 5.97 Å². The zero-order valence-corrected chi connectivity index (χ0v) is 10.3. The summed E-state index contributed by atoms with van der Waals surface area (Å²) >= 11 is 0. The third kappa shape index (κ3) is 2.75. The van der Waals surface area contributed by atoms with Crippen LogP contribution >= 0.6 is 0 Å². The van der Waals surface area contributed by atoms with Crippen LogP contribution in [0.25, 0.3) is 0 Å². The van der Waals surface area contributed by atoms with Gasteiger partial charge < -0.3 is 10.0 Å². The van der Waals surface area contributed by atoms with Crippen molar-refractivity contribution in [2.24, 2.45) is 0 Å². The Morgan fingerprint density at radius 1 is 1.31 bits per heavy atom. The Kier molecular flexibility index (Phi) is 3.58. The highest BCUT2D eigenvalue weighted by atomic mass is 16.4. The first-order chi connectivity index (χ1) is 7.34. The van der Waals surface area contributed by atoms with E-state index in [1.54, 1.807) is 0 Å². The predicted molar refractivity (Wildman–Crippen MR) is 66.0 cm³/mol. The lowest BCUT2D eigenvalue weighted by atomic mass is 9.80. The Balaban J connectivity index is 3.16. The molecular weight excluding hydrogens is 202 g/mol. The molecule has 0 radical (unpaired) electrons. The van der Waals surface area contributed by atoms with Gasteiger partial charge in [-0.3, -0.25) is 4.79 Å². The molecule has 0 heterocycles. The lowest BCUT2D eigenvalue weighted by molar-refractivity contribution is -0.138. The van der Waals surface area contributed by atoms with Gasteiger partial charge in [0.1, 0.15) is 0 Å². The van der Waals surface area contributed by atoms with Crippen molar-refractivity contribution in [3.05, 3.63) is 29.8 Å². The third-order valence-electron chi connectivity index (χ3n) is 2.71. The summed E-state index contributed by atoms with van der Waals surface area (Å²) in [6.07, 6.45) is 0.137. The Labute approximate surface area is 96.7 Å². The van der Waals surface area contributed by atoms with E-state index in [1.165, 1.54) is 0 Å². The highest BCUT2D eigenvalue weighted by Gasteiger charge is 2.26. The molecule has 0 saturated heterocycles. The zero-order chi connectivity index (χ0) is 12.3. The molecule has 1 aromatic carbocycles. The van der Waals surface area contributed by atoms with E-state index in [4.69, 9.17) is 5.11 Å². The summed E-state index contributed by atoms with van der Waals surface area (Å²) < 4.78 is 0. The van der Waals surface area contributed by atoms with Crippen molar-refractivity contribution in [3.63, 3.8) is 0 Å². The fourth-order valence-corrected chi connectivity index (χ4v) is 1.91. The number of aliphatic carboxylic acids is 1. The Hall–Kier alpha value is -1.51. The third-order valence-corrected chi connectivity index (χ3v) is 2.71. The minimum absolute atomic E-state index is 0.137. The summed E-state index contributed by atoms with van der Waals surface area (Å²) in [5.41, 5.74) is 1.79. The van der Waals surface area contributed by atoms with Gasteiger partial charge in [-0.1, -0.05) is 32.0 Å². The number of rotatable bonds is 4. The molecule has 0 unspecified atom stereocenters. The molecule has 0 amide bonds. The van der Waals surface area contributed by atoms with E-state index >= 15 is 0 Å². The molecule has 3 nitrogen and oxygen atoms in total. The van der Waals surface area contributed by atoms with Crippen molar-refractivity contribution in [2.75, 3.05) is 19.0 Å². The van der Waals surface area contributed by atoms with Gasteiger partial charge in [0.05, 0.1) is 6.42 Å². The highest BCUT2D eigenvalue weighted by Crippen LogP contribution is 2.33. The SMILES string of the molecule is CN(C)c1ccccc1C(C)(C)CC(=O)O. The molecule has 0 fully saturated rings. The first-order valence-corrected chi connectivity index (χ1v) is 5.33. The monoisotopic (exact) mass is 221 g/mol. The highest BCUT2D eigenvalue weighted by molar-refractivity contribution is 5.70. The summed E-state index contributed by atoms with van der Waals surface area (Å²) in [5, 5.41) is 8.93. The van der Waals surface area contributed by atoms with E-state index in [0.717, 1.165) is 11.3 Å². The van der Waals surface area contributed by atoms with Crippen LogP contribution in [0.5, 0.6) is 0 Å². The molecule has 0 aliphatic carbocycles. The van der Waals surface area contributed by atoms with Crippen molar-refractivity contribution in [2.45, 2.75) is 25.7 Å². The number of carbonyl (C=O) groups is 1. The van der Waals surface area contributed by atoms with Crippen LogP contribution in [-0.4, -0.2) is 25.2 Å². The second-order valence-corrected chi connectivity index (χ2v) is 4.87. The summed E-state index contributed by atoms with van der Waals surface area (Å²) in [4.78, 5) is 12.9. The van der Waals surface area contributed by atoms with Gasteiger partial charge in [-0.05, 0) is 11.6 Å². The topological polar surface area (TPSA) is 40.5 Å². The van der Waals surface area contributed by atoms with E-state index in [2.05, 4.69) is 0 Å². The van der Waals surface area contributed by atoms with Crippen LogP contribution in [0.15, 0.2) is 24.3 Å². The van der Waals surface area contributed by atoms with Crippen LogP contribution in [0.1, 0.15) is 25.8 Å². The molecule has 3 heteroatoms. The molecule has 0 aliphatic rings. The fourth-order valence-electron chi connectivity index (χ4n) is 1.91. The average molecular weight is 221 g/mol. The van der Waals surface area contributed by atoms with Crippen LogP contribution in [0.4, 0.5) is 5.69 Å². The summed E-state index contributed by atoms with van der Waals surface area (Å²) in [6.45, 7) is 3.92. The van der Waals surface area contributed by atoms with Crippen LogP contribution in [-0.2, 0) is 10.2 Å². The number of para-hydroxylation sites is 1. The van der Waals surface area contributed by atoms with Crippen LogP contribution < -0.4 is 4.90 Å². The van der Waals surface area contributed by atoms with Gasteiger partial charge in [-0.25, -0.2) is 0 Å². The van der Waals surface area contributed by atoms with Crippen molar-refractivity contribution < 1.29 is 9.90 Å². The van der Waals surface area contributed by atoms with Crippen LogP contribution in [0.3, 0.4) is 0 Å². The molecule has 0 spiro atoms. The van der Waals surface area contributed by atoms with Crippen molar-refractivity contribution in [3.8, 4) is 0 Å². The van der Waals surface area contributed by atoms with E-state index in [0.29, 0.717) is 0 Å². The summed E-state index contributed by atoms with van der Waals surface area (Å²) in [7, 11) is 3.94. The number of anilines is 1. The fraction of sp³-hybridized carbons (Fsp3) is 0.462. The summed E-state index contributed by atoms with van der Waals surface area (Å²) in [6, 6.07) is 7.93. The van der Waals surface area contributed by atoms with E-state index < -0.39 is 5.97 Å². The van der Waals surface area contributed by atoms with E-state index in [-0.39, 0.29) is 11.8 Å². The van der Waals surface area contributed by atoms with E-state index in [1.807, 2.05) is 57.1 Å². The number of benzene rings is 1. The van der Waals surface area contributed by atoms with Crippen LogP contribution in [0, 0.1) is 0 Å². The molecule has 1 N–H and O–H groups in total. The molecule has 0 bridgehead atoms. The maximum Gasteiger partial charge on any atom is 0.304 e. The van der Waals surface area contributed by atoms with Crippen molar-refractivity contribution in [1.29, 1.82) is 0 Å². The summed E-state index contributed by atoms with van der Waals surface area (Å²) in [5.74, 6) is -0.765. The maximum absolute atomic E-state index is 10.9. The standard InChI is InChI=1S/C13H19NO2/c1-13(2,9-12(15)16)10-7-5-6-8-11(10)14(3)4/h5-8H,9H2,1-4H3,(H,15,16). The minimum atomic E-state index is -0.765. The van der Waals surface area contributed by atoms with Crippen molar-refractivity contribution >= 4 is 11.7 Å². The minimum Gasteiger partial charge on any atom is -0.481 e. The number of carboxylic acid groups (broad SMARTS) is 1. The molecule has 0 saturated carbocycles. The number of nitrogens with zero attached hydrogens (tertiary/aromatic N) is 1. The molecule has 0 atom stereocenters. The molecule has 16 heavy (non-hydrogen) atoms. The maximum atomic E-state index is 10.9. The average Bonchev–Trinajstić information content (AvgIpc) is 2.15. The smallest absolute Gasteiger partial charge is 0.304 e.